The van der Waals surface area contributed by atoms with Crippen LogP contribution in [0.5, 0.6) is 5.75 Å². The van der Waals surface area contributed by atoms with Crippen LogP contribution in [-0.4, -0.2) is 17.5 Å². The number of ether oxygens (including phenoxy) is 2. The molecule has 0 unspecified atom stereocenters. The summed E-state index contributed by atoms with van der Waals surface area (Å²) in [6, 6.07) is 5.31. The normalized spacial score (nSPS) is 23.1. The molecule has 0 saturated carbocycles. The zero-order chi connectivity index (χ0) is 11.1. The molecule has 1 aliphatic rings. The fraction of sp³-hybridized carbons (Fsp3) is 0.455. The summed E-state index contributed by atoms with van der Waals surface area (Å²) in [7, 11) is 0. The Morgan fingerprint density at radius 3 is 2.87 bits per heavy atom. The predicted molar refractivity (Wildman–Crippen MR) is 57.1 cm³/mol. The summed E-state index contributed by atoms with van der Waals surface area (Å²) in [5.41, 5.74) is 0.796. The molecule has 2 rings (SSSR count). The molecule has 0 saturated heterocycles. The van der Waals surface area contributed by atoms with E-state index in [1.165, 1.54) is 0 Å². The van der Waals surface area contributed by atoms with Crippen LogP contribution >= 0.6 is 11.6 Å². The van der Waals surface area contributed by atoms with Crippen molar-refractivity contribution >= 4 is 11.6 Å². The van der Waals surface area contributed by atoms with Crippen LogP contribution in [0.1, 0.15) is 25.5 Å². The van der Waals surface area contributed by atoms with E-state index in [-0.39, 0.29) is 12.7 Å². The van der Waals surface area contributed by atoms with Crippen molar-refractivity contribution in [1.29, 1.82) is 0 Å². The van der Waals surface area contributed by atoms with Crippen LogP contribution in [0.2, 0.25) is 5.02 Å². The quantitative estimate of drug-likeness (QED) is 0.803. The molecule has 1 atom stereocenters. The van der Waals surface area contributed by atoms with Crippen LogP contribution in [0.4, 0.5) is 0 Å². The van der Waals surface area contributed by atoms with E-state index in [2.05, 4.69) is 0 Å². The second kappa shape index (κ2) is 3.67. The van der Waals surface area contributed by atoms with Gasteiger partial charge in [0.25, 0.3) is 0 Å². The van der Waals surface area contributed by atoms with Gasteiger partial charge >= 0.3 is 0 Å². The predicted octanol–water partition coefficient (Wildman–Crippen LogP) is 2.52. The van der Waals surface area contributed by atoms with Crippen LogP contribution in [-0.2, 0) is 4.74 Å². The highest BCUT2D eigenvalue weighted by molar-refractivity contribution is 6.30. The first kappa shape index (κ1) is 10.7. The molecule has 0 bridgehead atoms. The van der Waals surface area contributed by atoms with Crippen molar-refractivity contribution in [3.8, 4) is 5.75 Å². The number of benzene rings is 1. The SMILES string of the molecule is CC1(C)Oc2ccc(Cl)cc2[C@@H](CO)O1. The number of hydrogen-bond acceptors (Lipinski definition) is 3. The Kier molecular flexibility index (Phi) is 2.63. The Bertz CT molecular complexity index is 376. The molecule has 1 aromatic carbocycles. The summed E-state index contributed by atoms with van der Waals surface area (Å²) in [4.78, 5) is 0. The lowest BCUT2D eigenvalue weighted by molar-refractivity contribution is -0.214. The Morgan fingerprint density at radius 2 is 2.20 bits per heavy atom. The van der Waals surface area contributed by atoms with E-state index < -0.39 is 5.79 Å². The fourth-order valence-corrected chi connectivity index (χ4v) is 1.87. The molecule has 0 aliphatic carbocycles. The molecule has 0 spiro atoms. The third-order valence-corrected chi connectivity index (χ3v) is 2.50. The summed E-state index contributed by atoms with van der Waals surface area (Å²) in [6.45, 7) is 3.54. The van der Waals surface area contributed by atoms with Crippen molar-refractivity contribution < 1.29 is 14.6 Å². The zero-order valence-corrected chi connectivity index (χ0v) is 9.41. The molecule has 1 aromatic rings. The van der Waals surface area contributed by atoms with Gasteiger partial charge in [0.15, 0.2) is 0 Å². The third-order valence-electron chi connectivity index (χ3n) is 2.27. The minimum absolute atomic E-state index is 0.0832. The standard InChI is InChI=1S/C11H13ClO3/c1-11(2)14-9-4-3-7(12)5-8(9)10(6-13)15-11/h3-5,10,13H,6H2,1-2H3/t10-/m1/s1. The Morgan fingerprint density at radius 1 is 1.47 bits per heavy atom. The Balaban J connectivity index is 2.44. The topological polar surface area (TPSA) is 38.7 Å². The lowest BCUT2D eigenvalue weighted by atomic mass is 10.1. The van der Waals surface area contributed by atoms with E-state index in [4.69, 9.17) is 21.1 Å². The van der Waals surface area contributed by atoms with Gasteiger partial charge in [0.05, 0.1) is 6.61 Å². The summed E-state index contributed by atoms with van der Waals surface area (Å²) >= 11 is 5.88. The van der Waals surface area contributed by atoms with Gasteiger partial charge < -0.3 is 14.6 Å². The van der Waals surface area contributed by atoms with Gasteiger partial charge in [0.2, 0.25) is 5.79 Å². The zero-order valence-electron chi connectivity index (χ0n) is 8.66. The number of fused-ring (bicyclic) bond motifs is 1. The van der Waals surface area contributed by atoms with Gasteiger partial charge in [0.1, 0.15) is 11.9 Å². The number of halogens is 1. The van der Waals surface area contributed by atoms with Gasteiger partial charge in [-0.1, -0.05) is 11.6 Å². The van der Waals surface area contributed by atoms with Gasteiger partial charge in [-0.2, -0.15) is 0 Å². The van der Waals surface area contributed by atoms with Crippen molar-refractivity contribution in [2.45, 2.75) is 25.7 Å². The average Bonchev–Trinajstić information content (AvgIpc) is 2.16. The summed E-state index contributed by atoms with van der Waals surface area (Å²) in [5.74, 6) is 0.00325. The monoisotopic (exact) mass is 228 g/mol. The van der Waals surface area contributed by atoms with E-state index in [9.17, 15) is 5.11 Å². The molecule has 3 nitrogen and oxygen atoms in total. The van der Waals surface area contributed by atoms with Crippen LogP contribution in [0, 0.1) is 0 Å². The van der Waals surface area contributed by atoms with Crippen LogP contribution in [0.25, 0.3) is 0 Å². The first-order chi connectivity index (χ1) is 7.02. The Hall–Kier alpha value is -0.770. The highest BCUT2D eigenvalue weighted by Gasteiger charge is 2.33. The average molecular weight is 229 g/mol. The van der Waals surface area contributed by atoms with E-state index in [0.717, 1.165) is 11.3 Å². The molecule has 1 N–H and O–H groups in total. The van der Waals surface area contributed by atoms with Crippen LogP contribution in [0.3, 0.4) is 0 Å². The molecule has 4 heteroatoms. The van der Waals surface area contributed by atoms with Gasteiger partial charge in [-0.05, 0) is 18.2 Å². The smallest absolute Gasteiger partial charge is 0.205 e. The fourth-order valence-electron chi connectivity index (χ4n) is 1.69. The molecule has 1 heterocycles. The largest absolute Gasteiger partial charge is 0.463 e. The van der Waals surface area contributed by atoms with Crippen molar-refractivity contribution in [3.63, 3.8) is 0 Å². The number of hydrogen-bond donors (Lipinski definition) is 1. The van der Waals surface area contributed by atoms with E-state index >= 15 is 0 Å². The molecule has 0 radical (unpaired) electrons. The first-order valence-electron chi connectivity index (χ1n) is 4.79. The highest BCUT2D eigenvalue weighted by atomic mass is 35.5. The molecular weight excluding hydrogens is 216 g/mol. The van der Waals surface area contributed by atoms with Crippen molar-refractivity contribution in [2.75, 3.05) is 6.61 Å². The third kappa shape index (κ3) is 2.09. The molecule has 0 amide bonds. The van der Waals surface area contributed by atoms with Crippen molar-refractivity contribution in [2.24, 2.45) is 0 Å². The van der Waals surface area contributed by atoms with E-state index in [1.54, 1.807) is 18.2 Å². The van der Waals surface area contributed by atoms with Gasteiger partial charge in [-0.3, -0.25) is 0 Å². The Labute approximate surface area is 93.6 Å². The minimum atomic E-state index is -0.714. The van der Waals surface area contributed by atoms with Gasteiger partial charge in [-0.25, -0.2) is 0 Å². The summed E-state index contributed by atoms with van der Waals surface area (Å²) in [6.07, 6.45) is -0.373. The van der Waals surface area contributed by atoms with E-state index in [0.29, 0.717) is 5.02 Å². The number of rotatable bonds is 1. The maximum Gasteiger partial charge on any atom is 0.205 e. The molecular formula is C11H13ClO3. The molecule has 0 fully saturated rings. The number of aliphatic hydroxyl groups is 1. The van der Waals surface area contributed by atoms with Crippen LogP contribution in [0.15, 0.2) is 18.2 Å². The summed E-state index contributed by atoms with van der Waals surface area (Å²) < 4.78 is 11.2. The van der Waals surface area contributed by atoms with Crippen molar-refractivity contribution in [3.05, 3.63) is 28.8 Å². The number of aliphatic hydroxyl groups excluding tert-OH is 1. The lowest BCUT2D eigenvalue weighted by Gasteiger charge is -2.37. The van der Waals surface area contributed by atoms with Gasteiger partial charge in [-0.15, -0.1) is 0 Å². The second-order valence-electron chi connectivity index (χ2n) is 3.97. The molecule has 1 aliphatic heterocycles. The van der Waals surface area contributed by atoms with Crippen LogP contribution < -0.4 is 4.74 Å². The lowest BCUT2D eigenvalue weighted by Crippen LogP contribution is -2.38. The molecule has 0 aromatic heterocycles. The molecule has 15 heavy (non-hydrogen) atoms. The van der Waals surface area contributed by atoms with E-state index in [1.807, 2.05) is 13.8 Å². The van der Waals surface area contributed by atoms with Crippen molar-refractivity contribution in [1.82, 2.24) is 0 Å². The minimum Gasteiger partial charge on any atom is -0.463 e. The molecule has 82 valence electrons. The summed E-state index contributed by atoms with van der Waals surface area (Å²) in [5, 5.41) is 9.85. The maximum atomic E-state index is 9.24. The second-order valence-corrected chi connectivity index (χ2v) is 4.41. The highest BCUT2D eigenvalue weighted by Crippen LogP contribution is 2.39. The first-order valence-corrected chi connectivity index (χ1v) is 5.17. The maximum absolute atomic E-state index is 9.24. The van der Waals surface area contributed by atoms with Gasteiger partial charge in [0, 0.05) is 24.4 Å².